The summed E-state index contributed by atoms with van der Waals surface area (Å²) in [5.74, 6) is 0.447. The van der Waals surface area contributed by atoms with Crippen LogP contribution in [0.25, 0.3) is 21.5 Å². The van der Waals surface area contributed by atoms with E-state index >= 15 is 0 Å². The molecule has 0 heterocycles. The fraction of sp³-hybridized carbons (Fsp3) is 0.0833. The highest BCUT2D eigenvalue weighted by Crippen LogP contribution is 2.27. The Morgan fingerprint density at radius 3 is 2.24 bits per heavy atom. The minimum Gasteiger partial charge on any atom is -0.495 e. The van der Waals surface area contributed by atoms with Gasteiger partial charge < -0.3 is 10.1 Å². The van der Waals surface area contributed by atoms with Gasteiger partial charge in [0.2, 0.25) is 0 Å². The summed E-state index contributed by atoms with van der Waals surface area (Å²) in [6.07, 6.45) is 1.71. The molecule has 5 nitrogen and oxygen atoms in total. The lowest BCUT2D eigenvalue weighted by Crippen LogP contribution is -2.26. The highest BCUT2D eigenvalue weighted by molar-refractivity contribution is 6.13. The molecule has 0 saturated heterocycles. The van der Waals surface area contributed by atoms with E-state index < -0.39 is 0 Å². The van der Waals surface area contributed by atoms with Gasteiger partial charge in [-0.1, -0.05) is 60.7 Å². The van der Waals surface area contributed by atoms with Crippen LogP contribution in [0.4, 0.5) is 5.69 Å². The van der Waals surface area contributed by atoms with Crippen LogP contribution in [0.2, 0.25) is 0 Å². The first kappa shape index (κ1) is 18.5. The molecule has 0 atom stereocenters. The monoisotopic (exact) mass is 383 g/mol. The Kier molecular flexibility index (Phi) is 5.38. The van der Waals surface area contributed by atoms with E-state index in [2.05, 4.69) is 46.2 Å². The minimum absolute atomic E-state index is 0.0913. The van der Waals surface area contributed by atoms with Crippen molar-refractivity contribution in [1.82, 2.24) is 5.43 Å². The second kappa shape index (κ2) is 8.44. The Bertz CT molecular complexity index is 1150. The molecule has 0 aliphatic heterocycles. The first-order chi connectivity index (χ1) is 14.3. The van der Waals surface area contributed by atoms with Gasteiger partial charge in [-0.2, -0.15) is 5.10 Å². The van der Waals surface area contributed by atoms with Crippen molar-refractivity contribution in [2.24, 2.45) is 5.10 Å². The Balaban J connectivity index is 1.51. The number of hydrogen-bond donors (Lipinski definition) is 2. The molecule has 0 spiro atoms. The van der Waals surface area contributed by atoms with E-state index in [9.17, 15) is 4.79 Å². The number of para-hydroxylation sites is 2. The molecule has 0 unspecified atom stereocenters. The zero-order chi connectivity index (χ0) is 20.1. The summed E-state index contributed by atoms with van der Waals surface area (Å²) < 4.78 is 5.27. The van der Waals surface area contributed by atoms with Crippen LogP contribution < -0.4 is 15.5 Å². The van der Waals surface area contributed by atoms with Crippen LogP contribution in [-0.2, 0) is 4.79 Å². The highest BCUT2D eigenvalue weighted by atomic mass is 16.5. The lowest BCUT2D eigenvalue weighted by molar-refractivity contribution is -0.119. The van der Waals surface area contributed by atoms with Crippen molar-refractivity contribution in [2.45, 2.75) is 0 Å². The number of hydrogen-bond acceptors (Lipinski definition) is 4. The molecule has 1 amide bonds. The second-order valence-corrected chi connectivity index (χ2v) is 6.58. The molecule has 0 fully saturated rings. The second-order valence-electron chi connectivity index (χ2n) is 6.58. The Morgan fingerprint density at radius 2 is 1.55 bits per heavy atom. The molecule has 0 bridgehead atoms. The van der Waals surface area contributed by atoms with Gasteiger partial charge in [0, 0.05) is 5.56 Å². The van der Waals surface area contributed by atoms with Crippen LogP contribution in [0.5, 0.6) is 5.75 Å². The number of anilines is 1. The van der Waals surface area contributed by atoms with Crippen molar-refractivity contribution in [3.63, 3.8) is 0 Å². The molecule has 0 aliphatic carbocycles. The summed E-state index contributed by atoms with van der Waals surface area (Å²) >= 11 is 0. The van der Waals surface area contributed by atoms with Gasteiger partial charge in [-0.15, -0.1) is 0 Å². The van der Waals surface area contributed by atoms with Crippen molar-refractivity contribution >= 4 is 39.4 Å². The summed E-state index contributed by atoms with van der Waals surface area (Å²) in [5.41, 5.74) is 4.34. The van der Waals surface area contributed by atoms with Crippen LogP contribution in [0.1, 0.15) is 5.56 Å². The molecule has 0 saturated carbocycles. The van der Waals surface area contributed by atoms with Gasteiger partial charge in [-0.25, -0.2) is 5.43 Å². The molecule has 4 aromatic carbocycles. The molecule has 144 valence electrons. The number of nitrogens with zero attached hydrogens (tertiary/aromatic N) is 1. The van der Waals surface area contributed by atoms with E-state index in [1.807, 2.05) is 48.5 Å². The van der Waals surface area contributed by atoms with E-state index in [1.54, 1.807) is 13.3 Å². The van der Waals surface area contributed by atoms with Gasteiger partial charge in [-0.05, 0) is 39.7 Å². The number of ether oxygens (including phenoxy) is 1. The van der Waals surface area contributed by atoms with Gasteiger partial charge in [-0.3, -0.25) is 4.79 Å². The van der Waals surface area contributed by atoms with Crippen molar-refractivity contribution in [2.75, 3.05) is 19.0 Å². The first-order valence-electron chi connectivity index (χ1n) is 9.35. The number of rotatable bonds is 6. The number of methoxy groups -OCH3 is 1. The lowest BCUT2D eigenvalue weighted by Gasteiger charge is -2.10. The van der Waals surface area contributed by atoms with E-state index in [1.165, 1.54) is 0 Å². The fourth-order valence-electron chi connectivity index (χ4n) is 3.36. The summed E-state index contributed by atoms with van der Waals surface area (Å²) in [5, 5.41) is 11.7. The fourth-order valence-corrected chi connectivity index (χ4v) is 3.36. The van der Waals surface area contributed by atoms with E-state index in [0.717, 1.165) is 32.8 Å². The van der Waals surface area contributed by atoms with Crippen LogP contribution in [0.15, 0.2) is 84.0 Å². The first-order valence-corrected chi connectivity index (χ1v) is 9.35. The van der Waals surface area contributed by atoms with Gasteiger partial charge in [0.15, 0.2) is 0 Å². The average molecular weight is 383 g/mol. The van der Waals surface area contributed by atoms with E-state index in [4.69, 9.17) is 4.74 Å². The Morgan fingerprint density at radius 1 is 0.931 bits per heavy atom. The topological polar surface area (TPSA) is 62.7 Å². The van der Waals surface area contributed by atoms with Crippen LogP contribution in [0, 0.1) is 0 Å². The number of hydrazone groups is 1. The van der Waals surface area contributed by atoms with E-state index in [-0.39, 0.29) is 12.5 Å². The average Bonchev–Trinajstić information content (AvgIpc) is 2.77. The van der Waals surface area contributed by atoms with Gasteiger partial charge in [0.25, 0.3) is 5.91 Å². The normalized spacial score (nSPS) is 11.1. The molecular formula is C24H21N3O2. The smallest absolute Gasteiger partial charge is 0.259 e. The quantitative estimate of drug-likeness (QED) is 0.291. The predicted molar refractivity (Wildman–Crippen MR) is 119 cm³/mol. The molecule has 0 aromatic heterocycles. The van der Waals surface area contributed by atoms with Crippen LogP contribution in [0.3, 0.4) is 0 Å². The Hall–Kier alpha value is -3.86. The molecule has 0 radical (unpaired) electrons. The third-order valence-corrected chi connectivity index (χ3v) is 4.74. The minimum atomic E-state index is -0.239. The zero-order valence-electron chi connectivity index (χ0n) is 16.1. The van der Waals surface area contributed by atoms with Crippen molar-refractivity contribution in [3.05, 3.63) is 84.4 Å². The van der Waals surface area contributed by atoms with E-state index in [0.29, 0.717) is 5.75 Å². The number of fused-ring (bicyclic) bond motifs is 2. The largest absolute Gasteiger partial charge is 0.495 e. The van der Waals surface area contributed by atoms with Crippen molar-refractivity contribution in [3.8, 4) is 5.75 Å². The standard InChI is InChI=1S/C24H21N3O2/c1-29-23-13-7-6-12-22(23)25-16-24(28)27-26-15-21-19-10-4-2-8-17(19)14-18-9-3-5-11-20(18)21/h2-15,25H,16H2,1H3,(H,27,28)/b26-15-. The number of benzene rings is 4. The number of carbonyl (C=O) groups excluding carboxylic acids is 1. The van der Waals surface area contributed by atoms with Gasteiger partial charge >= 0.3 is 0 Å². The third-order valence-electron chi connectivity index (χ3n) is 4.74. The van der Waals surface area contributed by atoms with Gasteiger partial charge in [0.1, 0.15) is 5.75 Å². The summed E-state index contributed by atoms with van der Waals surface area (Å²) in [4.78, 5) is 12.2. The summed E-state index contributed by atoms with van der Waals surface area (Å²) in [6, 6.07) is 25.9. The maximum absolute atomic E-state index is 12.2. The molecule has 2 N–H and O–H groups in total. The lowest BCUT2D eigenvalue weighted by atomic mass is 9.97. The molecule has 4 rings (SSSR count). The number of nitrogens with one attached hydrogen (secondary N) is 2. The number of carbonyl (C=O) groups is 1. The summed E-state index contributed by atoms with van der Waals surface area (Å²) in [7, 11) is 1.60. The highest BCUT2D eigenvalue weighted by Gasteiger charge is 2.06. The number of amides is 1. The summed E-state index contributed by atoms with van der Waals surface area (Å²) in [6.45, 7) is 0.0913. The SMILES string of the molecule is COc1ccccc1NCC(=O)N/N=C\c1c2ccccc2cc2ccccc12. The molecule has 5 heteroatoms. The molecular weight excluding hydrogens is 362 g/mol. The maximum Gasteiger partial charge on any atom is 0.259 e. The van der Waals surface area contributed by atoms with Crippen LogP contribution in [-0.4, -0.2) is 25.8 Å². The molecule has 4 aromatic rings. The maximum atomic E-state index is 12.2. The molecule has 0 aliphatic rings. The Labute approximate surface area is 169 Å². The zero-order valence-corrected chi connectivity index (χ0v) is 16.1. The van der Waals surface area contributed by atoms with Gasteiger partial charge in [0.05, 0.1) is 25.6 Å². The van der Waals surface area contributed by atoms with Crippen LogP contribution >= 0.6 is 0 Å². The predicted octanol–water partition coefficient (Wildman–Crippen LogP) is 4.56. The van der Waals surface area contributed by atoms with Crippen molar-refractivity contribution < 1.29 is 9.53 Å². The third kappa shape index (κ3) is 4.04. The molecule has 29 heavy (non-hydrogen) atoms. The van der Waals surface area contributed by atoms with Crippen molar-refractivity contribution in [1.29, 1.82) is 0 Å².